The largest absolute Gasteiger partial charge is 0.507 e. The van der Waals surface area contributed by atoms with Gasteiger partial charge in [0.2, 0.25) is 0 Å². The number of pyridine rings is 1. The summed E-state index contributed by atoms with van der Waals surface area (Å²) >= 11 is 0. The number of benzene rings is 1. The van der Waals surface area contributed by atoms with E-state index in [9.17, 15) is 14.7 Å². The Morgan fingerprint density at radius 1 is 1.17 bits per heavy atom. The van der Waals surface area contributed by atoms with Gasteiger partial charge in [-0.05, 0) is 42.7 Å². The maximum absolute atomic E-state index is 12.9. The van der Waals surface area contributed by atoms with Crippen LogP contribution in [0.15, 0.2) is 54.4 Å². The number of ketones is 1. The zero-order chi connectivity index (χ0) is 21.5. The molecule has 1 aliphatic rings. The number of hydrogen-bond acceptors (Lipinski definition) is 6. The molecule has 1 aliphatic heterocycles. The predicted octanol–water partition coefficient (Wildman–Crippen LogP) is 3.33. The lowest BCUT2D eigenvalue weighted by molar-refractivity contribution is -0.140. The van der Waals surface area contributed by atoms with Crippen LogP contribution in [0.2, 0.25) is 0 Å². The molecule has 7 heteroatoms. The van der Waals surface area contributed by atoms with E-state index in [4.69, 9.17) is 9.47 Å². The van der Waals surface area contributed by atoms with Crippen LogP contribution in [0.5, 0.6) is 5.75 Å². The van der Waals surface area contributed by atoms with Crippen molar-refractivity contribution in [1.29, 1.82) is 0 Å². The maximum atomic E-state index is 12.9. The van der Waals surface area contributed by atoms with E-state index in [1.54, 1.807) is 19.2 Å². The van der Waals surface area contributed by atoms with Crippen LogP contribution < -0.4 is 4.74 Å². The molecule has 30 heavy (non-hydrogen) atoms. The molecule has 1 saturated heterocycles. The van der Waals surface area contributed by atoms with E-state index in [0.29, 0.717) is 43.1 Å². The van der Waals surface area contributed by atoms with Crippen molar-refractivity contribution >= 4 is 17.4 Å². The fourth-order valence-corrected chi connectivity index (χ4v) is 3.50. The molecular formula is C23H26N2O5. The van der Waals surface area contributed by atoms with Crippen LogP contribution in [-0.2, 0) is 14.3 Å². The first-order valence-electron chi connectivity index (χ1n) is 9.99. The van der Waals surface area contributed by atoms with Crippen molar-refractivity contribution in [2.75, 3.05) is 26.9 Å². The highest BCUT2D eigenvalue weighted by molar-refractivity contribution is 6.46. The molecule has 1 fully saturated rings. The van der Waals surface area contributed by atoms with Gasteiger partial charge in [-0.25, -0.2) is 0 Å². The van der Waals surface area contributed by atoms with Crippen LogP contribution in [0.4, 0.5) is 0 Å². The molecule has 0 bridgehead atoms. The lowest BCUT2D eigenvalue weighted by Gasteiger charge is -2.25. The minimum atomic E-state index is -0.708. The quantitative estimate of drug-likeness (QED) is 0.295. The number of ether oxygens (including phenoxy) is 2. The number of aliphatic hydroxyl groups excluding tert-OH is 1. The van der Waals surface area contributed by atoms with Crippen molar-refractivity contribution in [3.63, 3.8) is 0 Å². The van der Waals surface area contributed by atoms with E-state index in [0.717, 1.165) is 6.42 Å². The molecule has 0 radical (unpaired) electrons. The summed E-state index contributed by atoms with van der Waals surface area (Å²) in [5.41, 5.74) is 1.20. The number of Topliss-reactive ketones (excluding diaryl/α,β-unsaturated/α-hetero) is 1. The lowest BCUT2D eigenvalue weighted by Crippen LogP contribution is -2.31. The van der Waals surface area contributed by atoms with Gasteiger partial charge >= 0.3 is 0 Å². The van der Waals surface area contributed by atoms with E-state index in [1.165, 1.54) is 17.3 Å². The highest BCUT2D eigenvalue weighted by Gasteiger charge is 2.45. The number of aliphatic hydroxyl groups is 1. The average molecular weight is 410 g/mol. The number of likely N-dealkylation sites (tertiary alicyclic amines) is 1. The second-order valence-electron chi connectivity index (χ2n) is 7.00. The first-order valence-corrected chi connectivity index (χ1v) is 9.99. The van der Waals surface area contributed by atoms with Crippen LogP contribution >= 0.6 is 0 Å². The molecule has 0 aliphatic carbocycles. The number of carbonyl (C=O) groups excluding carboxylic acids is 2. The maximum Gasteiger partial charge on any atom is 0.295 e. The first-order chi connectivity index (χ1) is 14.6. The zero-order valence-corrected chi connectivity index (χ0v) is 17.2. The minimum absolute atomic E-state index is 0.0660. The summed E-state index contributed by atoms with van der Waals surface area (Å²) in [4.78, 5) is 31.2. The molecule has 0 saturated carbocycles. The summed E-state index contributed by atoms with van der Waals surface area (Å²) in [7, 11) is 1.59. The summed E-state index contributed by atoms with van der Waals surface area (Å²) in [6, 6.07) is 9.80. The highest BCUT2D eigenvalue weighted by Crippen LogP contribution is 2.40. The Labute approximate surface area is 175 Å². The minimum Gasteiger partial charge on any atom is -0.507 e. The van der Waals surface area contributed by atoms with Gasteiger partial charge in [0, 0.05) is 38.2 Å². The third-order valence-corrected chi connectivity index (χ3v) is 4.89. The van der Waals surface area contributed by atoms with E-state index in [2.05, 4.69) is 4.98 Å². The normalized spacial score (nSPS) is 18.1. The Balaban J connectivity index is 2.08. The van der Waals surface area contributed by atoms with Crippen molar-refractivity contribution in [3.8, 4) is 5.75 Å². The number of methoxy groups -OCH3 is 1. The van der Waals surface area contributed by atoms with E-state index in [-0.39, 0.29) is 11.3 Å². The number of hydrogen-bond donors (Lipinski definition) is 1. The molecule has 1 aromatic carbocycles. The highest BCUT2D eigenvalue weighted by atomic mass is 16.5. The molecule has 2 aromatic rings. The van der Waals surface area contributed by atoms with Gasteiger partial charge < -0.3 is 19.5 Å². The Bertz CT molecular complexity index is 926. The summed E-state index contributed by atoms with van der Waals surface area (Å²) in [6.45, 7) is 3.37. The van der Waals surface area contributed by atoms with Crippen LogP contribution in [0.1, 0.15) is 36.9 Å². The monoisotopic (exact) mass is 410 g/mol. The SMILES string of the molecule is CCCOc1cccc(C2/C(=C(\O)c3ccncc3)C(=O)C(=O)N2CCCOC)c1. The van der Waals surface area contributed by atoms with Crippen LogP contribution in [-0.4, -0.2) is 53.5 Å². The average Bonchev–Trinajstić information content (AvgIpc) is 3.03. The van der Waals surface area contributed by atoms with Gasteiger partial charge in [-0.15, -0.1) is 0 Å². The molecule has 0 spiro atoms. The molecule has 158 valence electrons. The fourth-order valence-electron chi connectivity index (χ4n) is 3.50. The first kappa shape index (κ1) is 21.5. The smallest absolute Gasteiger partial charge is 0.295 e. The molecule has 1 amide bonds. The summed E-state index contributed by atoms with van der Waals surface area (Å²) in [6.07, 6.45) is 4.49. The summed E-state index contributed by atoms with van der Waals surface area (Å²) in [5.74, 6) is -0.895. The fraction of sp³-hybridized carbons (Fsp3) is 0.348. The Morgan fingerprint density at radius 3 is 2.63 bits per heavy atom. The van der Waals surface area contributed by atoms with E-state index < -0.39 is 17.7 Å². The molecule has 1 N–H and O–H groups in total. The van der Waals surface area contributed by atoms with Gasteiger partial charge in [0.1, 0.15) is 11.5 Å². The van der Waals surface area contributed by atoms with Crippen molar-refractivity contribution in [2.24, 2.45) is 0 Å². The van der Waals surface area contributed by atoms with Crippen LogP contribution in [0.3, 0.4) is 0 Å². The Morgan fingerprint density at radius 2 is 1.93 bits per heavy atom. The topological polar surface area (TPSA) is 89.0 Å². The third-order valence-electron chi connectivity index (χ3n) is 4.89. The van der Waals surface area contributed by atoms with Gasteiger partial charge in [0.25, 0.3) is 11.7 Å². The number of rotatable bonds is 9. The summed E-state index contributed by atoms with van der Waals surface area (Å²) < 4.78 is 10.8. The number of nitrogens with zero attached hydrogens (tertiary/aromatic N) is 2. The van der Waals surface area contributed by atoms with Gasteiger partial charge in [-0.2, -0.15) is 0 Å². The molecule has 7 nitrogen and oxygen atoms in total. The van der Waals surface area contributed by atoms with E-state index >= 15 is 0 Å². The van der Waals surface area contributed by atoms with Gasteiger partial charge in [0.05, 0.1) is 18.2 Å². The molecule has 1 atom stereocenters. The van der Waals surface area contributed by atoms with Crippen molar-refractivity contribution < 1.29 is 24.2 Å². The molecule has 1 aromatic heterocycles. The molecular weight excluding hydrogens is 384 g/mol. The second-order valence-corrected chi connectivity index (χ2v) is 7.00. The Kier molecular flexibility index (Phi) is 7.19. The van der Waals surface area contributed by atoms with Crippen molar-refractivity contribution in [2.45, 2.75) is 25.8 Å². The standard InChI is InChI=1S/C23H26N2O5/c1-3-13-30-18-7-4-6-17(15-18)20-19(21(26)16-8-10-24-11-9-16)22(27)23(28)25(20)12-5-14-29-2/h4,6-11,15,20,26H,3,5,12-14H2,1-2H3/b21-19+. The van der Waals surface area contributed by atoms with Gasteiger partial charge in [-0.3, -0.25) is 14.6 Å². The lowest BCUT2D eigenvalue weighted by atomic mass is 9.95. The number of aromatic nitrogens is 1. The second kappa shape index (κ2) is 10.0. The van der Waals surface area contributed by atoms with Gasteiger partial charge in [-0.1, -0.05) is 19.1 Å². The van der Waals surface area contributed by atoms with Crippen molar-refractivity contribution in [1.82, 2.24) is 9.88 Å². The predicted molar refractivity (Wildman–Crippen MR) is 112 cm³/mol. The number of carbonyl (C=O) groups is 2. The van der Waals surface area contributed by atoms with Crippen LogP contribution in [0.25, 0.3) is 5.76 Å². The third kappa shape index (κ3) is 4.52. The zero-order valence-electron chi connectivity index (χ0n) is 17.2. The van der Waals surface area contributed by atoms with Crippen molar-refractivity contribution in [3.05, 3.63) is 65.5 Å². The molecule has 1 unspecified atom stereocenters. The van der Waals surface area contributed by atoms with E-state index in [1.807, 2.05) is 31.2 Å². The number of amides is 1. The van der Waals surface area contributed by atoms with Gasteiger partial charge in [0.15, 0.2) is 0 Å². The molecule has 2 heterocycles. The van der Waals surface area contributed by atoms with Crippen LogP contribution in [0, 0.1) is 0 Å². The Hall–Kier alpha value is -3.19. The molecule has 3 rings (SSSR count). The summed E-state index contributed by atoms with van der Waals surface area (Å²) in [5, 5.41) is 10.9.